The number of piperazine rings is 1. The zero-order valence-corrected chi connectivity index (χ0v) is 17.4. The first-order valence-corrected chi connectivity index (χ1v) is 10.4. The quantitative estimate of drug-likeness (QED) is 0.621. The Morgan fingerprint density at radius 2 is 1.62 bits per heavy atom. The number of thiazole rings is 1. The van der Waals surface area contributed by atoms with Gasteiger partial charge < -0.3 is 9.80 Å². The molecule has 7 heteroatoms. The lowest BCUT2D eigenvalue weighted by Gasteiger charge is -2.32. The average Bonchev–Trinajstić information content (AvgIpc) is 3.03. The van der Waals surface area contributed by atoms with Crippen molar-refractivity contribution in [2.75, 3.05) is 33.2 Å². The third kappa shape index (κ3) is 4.02. The molecular weight excluding hydrogens is 386 g/mol. The Morgan fingerprint density at radius 1 is 0.966 bits per heavy atom. The SMILES string of the molecule is Cc1ccc(C(=O)c2ccc3c(c2)sc(=O)n3CC(=O)N2CCN(C)CC2)cc1. The fourth-order valence-corrected chi connectivity index (χ4v) is 4.45. The summed E-state index contributed by atoms with van der Waals surface area (Å²) in [7, 11) is 2.04. The normalized spacial score (nSPS) is 15.0. The number of aryl methyl sites for hydroxylation is 1. The lowest BCUT2D eigenvalue weighted by Crippen LogP contribution is -2.48. The highest BCUT2D eigenvalue weighted by Crippen LogP contribution is 2.21. The van der Waals surface area contributed by atoms with Gasteiger partial charge >= 0.3 is 4.87 Å². The zero-order valence-electron chi connectivity index (χ0n) is 16.6. The molecule has 0 spiro atoms. The maximum atomic E-state index is 12.8. The van der Waals surface area contributed by atoms with Gasteiger partial charge in [0.05, 0.1) is 10.2 Å². The minimum Gasteiger partial charge on any atom is -0.339 e. The number of aromatic nitrogens is 1. The molecule has 1 aliphatic heterocycles. The summed E-state index contributed by atoms with van der Waals surface area (Å²) in [5, 5.41) is 0. The van der Waals surface area contributed by atoms with Gasteiger partial charge in [0.15, 0.2) is 5.78 Å². The highest BCUT2D eigenvalue weighted by atomic mass is 32.1. The van der Waals surface area contributed by atoms with E-state index in [-0.39, 0.29) is 23.1 Å². The molecule has 3 aromatic rings. The molecule has 1 aliphatic rings. The minimum absolute atomic E-state index is 0.0355. The number of fused-ring (bicyclic) bond motifs is 1. The standard InChI is InChI=1S/C22H23N3O3S/c1-15-3-5-16(6-4-15)21(27)17-7-8-18-19(13-17)29-22(28)25(18)14-20(26)24-11-9-23(2)10-12-24/h3-8,13H,9-12,14H2,1-2H3. The Hall–Kier alpha value is -2.77. The van der Waals surface area contributed by atoms with Crippen LogP contribution in [0.2, 0.25) is 0 Å². The number of amides is 1. The van der Waals surface area contributed by atoms with E-state index in [0.717, 1.165) is 34.7 Å². The van der Waals surface area contributed by atoms with Gasteiger partial charge in [0.1, 0.15) is 6.54 Å². The van der Waals surface area contributed by atoms with Crippen molar-refractivity contribution in [3.63, 3.8) is 0 Å². The van der Waals surface area contributed by atoms with Crippen molar-refractivity contribution in [3.8, 4) is 0 Å². The molecule has 0 atom stereocenters. The summed E-state index contributed by atoms with van der Waals surface area (Å²) in [5.74, 6) is -0.118. The van der Waals surface area contributed by atoms with E-state index in [9.17, 15) is 14.4 Å². The number of likely N-dealkylation sites (N-methyl/N-ethyl adjacent to an activating group) is 1. The van der Waals surface area contributed by atoms with Crippen molar-refractivity contribution in [1.29, 1.82) is 0 Å². The fraction of sp³-hybridized carbons (Fsp3) is 0.318. The van der Waals surface area contributed by atoms with Crippen molar-refractivity contribution in [2.45, 2.75) is 13.5 Å². The predicted octanol–water partition coefficient (Wildman–Crippen LogP) is 2.38. The molecule has 4 rings (SSSR count). The molecule has 0 radical (unpaired) electrons. The van der Waals surface area contributed by atoms with Gasteiger partial charge in [0, 0.05) is 37.3 Å². The highest BCUT2D eigenvalue weighted by Gasteiger charge is 2.21. The maximum absolute atomic E-state index is 12.8. The fourth-order valence-electron chi connectivity index (χ4n) is 3.52. The van der Waals surface area contributed by atoms with E-state index in [1.165, 1.54) is 4.57 Å². The third-order valence-electron chi connectivity index (χ3n) is 5.39. The molecule has 6 nitrogen and oxygen atoms in total. The maximum Gasteiger partial charge on any atom is 0.308 e. The van der Waals surface area contributed by atoms with Gasteiger partial charge in [-0.1, -0.05) is 41.2 Å². The second kappa shape index (κ2) is 7.93. The molecule has 2 heterocycles. The molecule has 1 fully saturated rings. The molecule has 150 valence electrons. The molecule has 0 aliphatic carbocycles. The summed E-state index contributed by atoms with van der Waals surface area (Å²) in [6.45, 7) is 5.06. The second-order valence-corrected chi connectivity index (χ2v) is 8.51. The van der Waals surface area contributed by atoms with Crippen LogP contribution in [0.5, 0.6) is 0 Å². The van der Waals surface area contributed by atoms with Crippen LogP contribution < -0.4 is 4.87 Å². The molecule has 0 saturated carbocycles. The van der Waals surface area contributed by atoms with Crippen molar-refractivity contribution >= 4 is 33.2 Å². The van der Waals surface area contributed by atoms with E-state index in [1.54, 1.807) is 18.2 Å². The van der Waals surface area contributed by atoms with Gasteiger partial charge in [-0.25, -0.2) is 0 Å². The first-order valence-electron chi connectivity index (χ1n) is 9.63. The first kappa shape index (κ1) is 19.5. The molecule has 0 N–H and O–H groups in total. The summed E-state index contributed by atoms with van der Waals surface area (Å²) in [6.07, 6.45) is 0. The van der Waals surface area contributed by atoms with Crippen LogP contribution in [-0.4, -0.2) is 59.3 Å². The Balaban J connectivity index is 1.58. The van der Waals surface area contributed by atoms with E-state index < -0.39 is 0 Å². The number of rotatable bonds is 4. The summed E-state index contributed by atoms with van der Waals surface area (Å²) < 4.78 is 2.24. The van der Waals surface area contributed by atoms with E-state index in [1.807, 2.05) is 43.1 Å². The van der Waals surface area contributed by atoms with Crippen LogP contribution in [0.4, 0.5) is 0 Å². The smallest absolute Gasteiger partial charge is 0.308 e. The Labute approximate surface area is 173 Å². The van der Waals surface area contributed by atoms with Crippen LogP contribution in [0.3, 0.4) is 0 Å². The minimum atomic E-state index is -0.178. The number of ketones is 1. The molecule has 2 aromatic carbocycles. The van der Waals surface area contributed by atoms with Gasteiger partial charge in [-0.15, -0.1) is 0 Å². The molecule has 1 saturated heterocycles. The Morgan fingerprint density at radius 3 is 2.31 bits per heavy atom. The van der Waals surface area contributed by atoms with Crippen molar-refractivity contribution in [1.82, 2.24) is 14.4 Å². The number of nitrogens with zero attached hydrogens (tertiary/aromatic N) is 3. The second-order valence-electron chi connectivity index (χ2n) is 7.52. The van der Waals surface area contributed by atoms with Crippen LogP contribution in [-0.2, 0) is 11.3 Å². The molecule has 29 heavy (non-hydrogen) atoms. The first-order chi connectivity index (χ1) is 13.9. The number of hydrogen-bond donors (Lipinski definition) is 0. The summed E-state index contributed by atoms with van der Waals surface area (Å²) in [6, 6.07) is 12.7. The highest BCUT2D eigenvalue weighted by molar-refractivity contribution is 7.16. The lowest BCUT2D eigenvalue weighted by atomic mass is 10.0. The summed E-state index contributed by atoms with van der Waals surface area (Å²) >= 11 is 1.07. The predicted molar refractivity (Wildman–Crippen MR) is 115 cm³/mol. The Kier molecular flexibility index (Phi) is 5.34. The molecule has 1 amide bonds. The van der Waals surface area contributed by atoms with Gasteiger partial charge in [0.2, 0.25) is 5.91 Å². The summed E-state index contributed by atoms with van der Waals surface area (Å²) in [4.78, 5) is 41.7. The van der Waals surface area contributed by atoms with E-state index in [4.69, 9.17) is 0 Å². The van der Waals surface area contributed by atoms with Crippen LogP contribution in [0.25, 0.3) is 10.2 Å². The van der Waals surface area contributed by atoms with Gasteiger partial charge in [-0.2, -0.15) is 0 Å². The monoisotopic (exact) mass is 409 g/mol. The van der Waals surface area contributed by atoms with Gasteiger partial charge in [-0.05, 0) is 32.2 Å². The van der Waals surface area contributed by atoms with E-state index >= 15 is 0 Å². The largest absolute Gasteiger partial charge is 0.339 e. The summed E-state index contributed by atoms with van der Waals surface area (Å²) in [5.41, 5.74) is 2.95. The van der Waals surface area contributed by atoms with Gasteiger partial charge in [0.25, 0.3) is 0 Å². The molecule has 0 bridgehead atoms. The van der Waals surface area contributed by atoms with Crippen LogP contribution in [0.1, 0.15) is 21.5 Å². The zero-order chi connectivity index (χ0) is 20.5. The van der Waals surface area contributed by atoms with Crippen LogP contribution >= 0.6 is 11.3 Å². The number of benzene rings is 2. The van der Waals surface area contributed by atoms with Gasteiger partial charge in [-0.3, -0.25) is 19.0 Å². The lowest BCUT2D eigenvalue weighted by molar-refractivity contribution is -0.133. The van der Waals surface area contributed by atoms with Crippen molar-refractivity contribution in [3.05, 3.63) is 68.8 Å². The number of carbonyl (C=O) groups is 2. The molecule has 0 unspecified atom stereocenters. The van der Waals surface area contributed by atoms with Crippen LogP contribution in [0, 0.1) is 6.92 Å². The average molecular weight is 410 g/mol. The van der Waals surface area contributed by atoms with E-state index in [0.29, 0.717) is 29.7 Å². The third-order valence-corrected chi connectivity index (χ3v) is 6.34. The van der Waals surface area contributed by atoms with Crippen molar-refractivity contribution in [2.24, 2.45) is 0 Å². The number of hydrogen-bond acceptors (Lipinski definition) is 5. The Bertz CT molecular complexity index is 1120. The van der Waals surface area contributed by atoms with E-state index in [2.05, 4.69) is 4.90 Å². The van der Waals surface area contributed by atoms with Crippen LogP contribution in [0.15, 0.2) is 47.3 Å². The molecule has 1 aromatic heterocycles. The van der Waals surface area contributed by atoms with Crippen molar-refractivity contribution < 1.29 is 9.59 Å². The molecular formula is C22H23N3O3S. The number of carbonyl (C=O) groups excluding carboxylic acids is 2. The topological polar surface area (TPSA) is 62.6 Å².